The second kappa shape index (κ2) is 13.2. The van der Waals surface area contributed by atoms with Crippen molar-refractivity contribution in [1.82, 2.24) is 10.2 Å². The Labute approximate surface area is 272 Å². The summed E-state index contributed by atoms with van der Waals surface area (Å²) in [5, 5.41) is 3.71. The minimum absolute atomic E-state index is 0.0708. The predicted octanol–water partition coefficient (Wildman–Crippen LogP) is 6.95. The molecule has 4 bridgehead atoms. The highest BCUT2D eigenvalue weighted by Gasteiger charge is 2.51. The monoisotopic (exact) mass is 661 g/mol. The van der Waals surface area contributed by atoms with Crippen LogP contribution in [0.4, 0.5) is 5.69 Å². The van der Waals surface area contributed by atoms with Gasteiger partial charge in [0.15, 0.2) is 0 Å². The first kappa shape index (κ1) is 33.1. The molecule has 240 valence electrons. The zero-order valence-corrected chi connectivity index (χ0v) is 28.5. The molecule has 0 aliphatic heterocycles. The van der Waals surface area contributed by atoms with E-state index in [4.69, 9.17) is 23.2 Å². The van der Waals surface area contributed by atoms with Gasteiger partial charge in [-0.2, -0.15) is 0 Å². The summed E-state index contributed by atoms with van der Waals surface area (Å²) in [4.78, 5) is 28.9. The second-order valence-electron chi connectivity index (χ2n) is 13.5. The molecule has 4 aliphatic carbocycles. The Kier molecular flexibility index (Phi) is 9.93. The Morgan fingerprint density at radius 1 is 0.932 bits per heavy atom. The Hall–Kier alpha value is -2.29. The minimum atomic E-state index is -3.82. The maximum absolute atomic E-state index is 14.1. The largest absolute Gasteiger partial charge is 0.352 e. The van der Waals surface area contributed by atoms with Crippen molar-refractivity contribution in [2.45, 2.75) is 96.2 Å². The molecular weight excluding hydrogens is 617 g/mol. The summed E-state index contributed by atoms with van der Waals surface area (Å²) in [5.41, 5.74) is 2.61. The number of hydrogen-bond acceptors (Lipinski definition) is 4. The Balaban J connectivity index is 1.41. The van der Waals surface area contributed by atoms with Crippen molar-refractivity contribution < 1.29 is 18.0 Å². The van der Waals surface area contributed by atoms with Crippen LogP contribution in [0.3, 0.4) is 0 Å². The fraction of sp³-hybridized carbons (Fsp3) is 0.588. The maximum Gasteiger partial charge on any atom is 0.244 e. The van der Waals surface area contributed by atoms with Crippen LogP contribution in [0.15, 0.2) is 42.5 Å². The molecule has 0 aromatic heterocycles. The van der Waals surface area contributed by atoms with Crippen molar-refractivity contribution in [2.24, 2.45) is 17.8 Å². The van der Waals surface area contributed by atoms with Gasteiger partial charge < -0.3 is 10.2 Å². The number of hydrogen-bond donors (Lipinski definition) is 1. The number of nitrogens with one attached hydrogen (secondary N) is 1. The summed E-state index contributed by atoms with van der Waals surface area (Å²) in [6, 6.07) is 12.0. The summed E-state index contributed by atoms with van der Waals surface area (Å²) in [5.74, 6) is 1.66. The van der Waals surface area contributed by atoms with E-state index in [1.54, 1.807) is 18.2 Å². The quantitative estimate of drug-likeness (QED) is 0.267. The topological polar surface area (TPSA) is 86.8 Å². The molecule has 0 heterocycles. The zero-order chi connectivity index (χ0) is 31.8. The number of carbonyl (C=O) groups is 2. The van der Waals surface area contributed by atoms with Gasteiger partial charge in [0.25, 0.3) is 0 Å². The molecule has 2 aromatic carbocycles. The van der Waals surface area contributed by atoms with Crippen molar-refractivity contribution in [3.8, 4) is 0 Å². The fourth-order valence-corrected chi connectivity index (χ4v) is 9.42. The Morgan fingerprint density at radius 3 is 2.02 bits per heavy atom. The molecule has 44 heavy (non-hydrogen) atoms. The van der Waals surface area contributed by atoms with Crippen LogP contribution in [0.5, 0.6) is 0 Å². The number of anilines is 1. The number of nitrogens with zero attached hydrogens (tertiary/aromatic N) is 2. The van der Waals surface area contributed by atoms with Crippen LogP contribution in [-0.2, 0) is 31.6 Å². The first-order valence-corrected chi connectivity index (χ1v) is 18.5. The lowest BCUT2D eigenvalue weighted by Gasteiger charge is -2.57. The standard InChI is InChI=1S/C34H45Cl2N3O4S/c1-5-22(3)37-33(41)31(6-2)38(20-23-7-12-29(35)30(36)16-23)32(40)21-39(44(4,42)43)28-10-8-27(9-11-28)34-17-24-13-25(18-34)15-26(14-24)19-34/h7-12,16,22,24-26,31H,5-6,13-15,17-21H2,1-4H3,(H,37,41)/t22-,24?,25?,26?,31+,34?/m1/s1. The third kappa shape index (κ3) is 7.07. The highest BCUT2D eigenvalue weighted by molar-refractivity contribution is 7.92. The van der Waals surface area contributed by atoms with Gasteiger partial charge in [0.2, 0.25) is 21.8 Å². The van der Waals surface area contributed by atoms with Gasteiger partial charge in [0.05, 0.1) is 22.0 Å². The number of sulfonamides is 1. The van der Waals surface area contributed by atoms with E-state index in [1.807, 2.05) is 32.9 Å². The zero-order valence-electron chi connectivity index (χ0n) is 26.2. The smallest absolute Gasteiger partial charge is 0.244 e. The van der Waals surface area contributed by atoms with E-state index >= 15 is 0 Å². The SMILES string of the molecule is CC[C@@H](C)NC(=O)[C@H](CC)N(Cc1ccc(Cl)c(Cl)c1)C(=O)CN(c1ccc(C23CC4CC(CC(C4)C2)C3)cc1)S(C)(=O)=O. The molecule has 2 amide bonds. The average molecular weight is 663 g/mol. The van der Waals surface area contributed by atoms with Crippen molar-refractivity contribution in [1.29, 1.82) is 0 Å². The van der Waals surface area contributed by atoms with Gasteiger partial charge >= 0.3 is 0 Å². The van der Waals surface area contributed by atoms with Crippen LogP contribution in [0.2, 0.25) is 10.0 Å². The predicted molar refractivity (Wildman–Crippen MR) is 177 cm³/mol. The molecule has 7 nitrogen and oxygen atoms in total. The van der Waals surface area contributed by atoms with E-state index in [0.717, 1.165) is 34.7 Å². The molecule has 1 N–H and O–H groups in total. The number of halogens is 2. The molecule has 0 radical (unpaired) electrons. The summed E-state index contributed by atoms with van der Waals surface area (Å²) < 4.78 is 27.4. The Bertz CT molecular complexity index is 1440. The van der Waals surface area contributed by atoms with Crippen molar-refractivity contribution in [3.63, 3.8) is 0 Å². The van der Waals surface area contributed by atoms with Crippen molar-refractivity contribution >= 4 is 50.7 Å². The molecule has 4 aliphatic rings. The van der Waals surface area contributed by atoms with Crippen molar-refractivity contribution in [2.75, 3.05) is 17.1 Å². The molecule has 0 spiro atoms. The molecule has 2 atom stereocenters. The van der Waals surface area contributed by atoms with Crippen LogP contribution in [-0.4, -0.2) is 50.0 Å². The van der Waals surface area contributed by atoms with E-state index in [9.17, 15) is 18.0 Å². The first-order valence-electron chi connectivity index (χ1n) is 15.9. The lowest BCUT2D eigenvalue weighted by atomic mass is 9.48. The molecule has 6 rings (SSSR count). The molecule has 4 fully saturated rings. The highest BCUT2D eigenvalue weighted by Crippen LogP contribution is 2.60. The third-order valence-electron chi connectivity index (χ3n) is 10.2. The highest BCUT2D eigenvalue weighted by atomic mass is 35.5. The van der Waals surface area contributed by atoms with E-state index in [-0.39, 0.29) is 23.9 Å². The number of amides is 2. The number of carbonyl (C=O) groups excluding carboxylic acids is 2. The van der Waals surface area contributed by atoms with E-state index in [0.29, 0.717) is 27.7 Å². The molecular formula is C34H45Cl2N3O4S. The summed E-state index contributed by atoms with van der Waals surface area (Å²) in [7, 11) is -3.82. The normalized spacial score (nSPS) is 25.4. The van der Waals surface area contributed by atoms with Gasteiger partial charge in [0, 0.05) is 12.6 Å². The maximum atomic E-state index is 14.1. The van der Waals surface area contributed by atoms with Crippen LogP contribution in [0.1, 0.15) is 83.3 Å². The number of rotatable bonds is 12. The van der Waals surface area contributed by atoms with Gasteiger partial charge in [-0.3, -0.25) is 13.9 Å². The molecule has 2 aromatic rings. The van der Waals surface area contributed by atoms with Crippen LogP contribution in [0, 0.1) is 17.8 Å². The van der Waals surface area contributed by atoms with Gasteiger partial charge in [-0.05, 0) is 117 Å². The fourth-order valence-electron chi connectivity index (χ4n) is 8.25. The van der Waals surface area contributed by atoms with Crippen LogP contribution < -0.4 is 9.62 Å². The summed E-state index contributed by atoms with van der Waals surface area (Å²) >= 11 is 12.4. The lowest BCUT2D eigenvalue weighted by Crippen LogP contribution is -2.53. The van der Waals surface area contributed by atoms with Crippen LogP contribution in [0.25, 0.3) is 0 Å². The van der Waals surface area contributed by atoms with Crippen LogP contribution >= 0.6 is 23.2 Å². The molecule has 0 saturated heterocycles. The molecule has 10 heteroatoms. The number of benzene rings is 2. The first-order chi connectivity index (χ1) is 20.8. The van der Waals surface area contributed by atoms with E-state index in [2.05, 4.69) is 17.4 Å². The van der Waals surface area contributed by atoms with E-state index < -0.39 is 28.5 Å². The van der Waals surface area contributed by atoms with Gasteiger partial charge in [-0.25, -0.2) is 8.42 Å². The second-order valence-corrected chi connectivity index (χ2v) is 16.2. The van der Waals surface area contributed by atoms with Gasteiger partial charge in [0.1, 0.15) is 12.6 Å². The summed E-state index contributed by atoms with van der Waals surface area (Å²) in [6.07, 6.45) is 9.92. The molecule has 0 unspecified atom stereocenters. The Morgan fingerprint density at radius 2 is 1.52 bits per heavy atom. The summed E-state index contributed by atoms with van der Waals surface area (Å²) in [6.45, 7) is 5.37. The van der Waals surface area contributed by atoms with Gasteiger partial charge in [-0.15, -0.1) is 0 Å². The van der Waals surface area contributed by atoms with E-state index in [1.165, 1.54) is 49.0 Å². The molecule has 4 saturated carbocycles. The third-order valence-corrected chi connectivity index (χ3v) is 12.1. The van der Waals surface area contributed by atoms with Crippen molar-refractivity contribution in [3.05, 3.63) is 63.6 Å². The average Bonchev–Trinajstić information content (AvgIpc) is 2.96. The lowest BCUT2D eigenvalue weighted by molar-refractivity contribution is -0.140. The van der Waals surface area contributed by atoms with Gasteiger partial charge in [-0.1, -0.05) is 55.2 Å². The minimum Gasteiger partial charge on any atom is -0.352 e.